The summed E-state index contributed by atoms with van der Waals surface area (Å²) in [6.45, 7) is 4.83. The van der Waals surface area contributed by atoms with Crippen molar-refractivity contribution in [3.05, 3.63) is 45.5 Å². The predicted molar refractivity (Wildman–Crippen MR) is 122 cm³/mol. The van der Waals surface area contributed by atoms with Gasteiger partial charge in [-0.3, -0.25) is 9.59 Å². The maximum Gasteiger partial charge on any atom is 0.255 e. The highest BCUT2D eigenvalue weighted by Crippen LogP contribution is 2.42. The molecule has 0 unspecified atom stereocenters. The Balaban J connectivity index is 1.46. The molecule has 3 aromatic rings. The molecule has 5 rings (SSSR count). The van der Waals surface area contributed by atoms with Crippen LogP contribution in [0.25, 0.3) is 17.2 Å². The molecule has 2 fully saturated rings. The number of aromatic nitrogens is 4. The topological polar surface area (TPSA) is 102 Å². The minimum absolute atomic E-state index is 0.117. The summed E-state index contributed by atoms with van der Waals surface area (Å²) in [6, 6.07) is 3.52. The summed E-state index contributed by atoms with van der Waals surface area (Å²) in [7, 11) is 0. The molecule has 1 saturated carbocycles. The van der Waals surface area contributed by atoms with E-state index in [1.54, 1.807) is 28.4 Å². The molecule has 1 saturated heterocycles. The molecule has 1 aliphatic carbocycles. The summed E-state index contributed by atoms with van der Waals surface area (Å²) < 4.78 is 1.69. The number of thiophene rings is 1. The van der Waals surface area contributed by atoms with Crippen molar-refractivity contribution in [1.82, 2.24) is 30.4 Å². The lowest BCUT2D eigenvalue weighted by atomic mass is 10.1. The Labute approximate surface area is 190 Å². The van der Waals surface area contributed by atoms with E-state index in [0.29, 0.717) is 24.5 Å². The summed E-state index contributed by atoms with van der Waals surface area (Å²) >= 11 is 1.74. The van der Waals surface area contributed by atoms with Crippen molar-refractivity contribution in [2.75, 3.05) is 6.54 Å². The quantitative estimate of drug-likeness (QED) is 0.621. The summed E-state index contributed by atoms with van der Waals surface area (Å²) in [5.74, 6) is 0.326. The highest BCUT2D eigenvalue weighted by atomic mass is 32.1. The largest absolute Gasteiger partial charge is 0.354 e. The maximum absolute atomic E-state index is 13.1. The van der Waals surface area contributed by atoms with Gasteiger partial charge in [-0.2, -0.15) is 5.10 Å². The van der Waals surface area contributed by atoms with Gasteiger partial charge in [-0.15, -0.1) is 11.3 Å². The monoisotopic (exact) mass is 450 g/mol. The van der Waals surface area contributed by atoms with Crippen LogP contribution in [0.1, 0.15) is 63.8 Å². The Morgan fingerprint density at radius 3 is 2.84 bits per heavy atom. The number of rotatable bonds is 5. The van der Waals surface area contributed by atoms with Crippen LogP contribution in [0.15, 0.2) is 24.5 Å². The van der Waals surface area contributed by atoms with Crippen LogP contribution in [0, 0.1) is 13.8 Å². The molecule has 0 radical (unpaired) electrons. The van der Waals surface area contributed by atoms with E-state index in [0.717, 1.165) is 42.6 Å². The van der Waals surface area contributed by atoms with Crippen LogP contribution in [0.5, 0.6) is 0 Å². The molecule has 2 N–H and O–H groups in total. The average molecular weight is 451 g/mol. The number of carbonyl (C=O) groups is 2. The lowest BCUT2D eigenvalue weighted by molar-refractivity contribution is -0.122. The van der Waals surface area contributed by atoms with Crippen molar-refractivity contribution in [3.63, 3.8) is 0 Å². The van der Waals surface area contributed by atoms with Gasteiger partial charge in [0.15, 0.2) is 0 Å². The average Bonchev–Trinajstić information content (AvgIpc) is 3.47. The van der Waals surface area contributed by atoms with Crippen molar-refractivity contribution in [3.8, 4) is 17.2 Å². The third kappa shape index (κ3) is 4.04. The first kappa shape index (κ1) is 20.8. The molecule has 8 nitrogen and oxygen atoms in total. The summed E-state index contributed by atoms with van der Waals surface area (Å²) in [6.07, 6.45) is 7.79. The van der Waals surface area contributed by atoms with Gasteiger partial charge >= 0.3 is 0 Å². The normalized spacial score (nSPS) is 18.8. The SMILES string of the molecule is Cc1cc(-c2ccnc(-n3ncc(C(=O)N[C@H]4CCCCNC4=O)c3C3CC3)n2)c(C)s1. The second-order valence-corrected chi connectivity index (χ2v) is 9.97. The van der Waals surface area contributed by atoms with Crippen molar-refractivity contribution < 1.29 is 9.59 Å². The van der Waals surface area contributed by atoms with E-state index in [9.17, 15) is 9.59 Å². The Morgan fingerprint density at radius 1 is 1.25 bits per heavy atom. The Kier molecular flexibility index (Phi) is 5.50. The molecular formula is C23H26N6O2S. The minimum Gasteiger partial charge on any atom is -0.354 e. The van der Waals surface area contributed by atoms with Crippen molar-refractivity contribution >= 4 is 23.2 Å². The summed E-state index contributed by atoms with van der Waals surface area (Å²) in [5, 5.41) is 10.3. The lowest BCUT2D eigenvalue weighted by Gasteiger charge is -2.15. The highest BCUT2D eigenvalue weighted by Gasteiger charge is 2.34. The van der Waals surface area contributed by atoms with Gasteiger partial charge in [0.2, 0.25) is 5.91 Å². The zero-order valence-corrected chi connectivity index (χ0v) is 19.0. The fourth-order valence-corrected chi connectivity index (χ4v) is 5.17. The first-order chi connectivity index (χ1) is 15.5. The van der Waals surface area contributed by atoms with Gasteiger partial charge in [-0.1, -0.05) is 0 Å². The zero-order valence-electron chi connectivity index (χ0n) is 18.2. The van der Waals surface area contributed by atoms with Gasteiger partial charge in [-0.25, -0.2) is 14.6 Å². The fourth-order valence-electron chi connectivity index (χ4n) is 4.24. The van der Waals surface area contributed by atoms with E-state index in [1.165, 1.54) is 9.75 Å². The first-order valence-corrected chi connectivity index (χ1v) is 11.9. The van der Waals surface area contributed by atoms with Crippen molar-refractivity contribution in [2.24, 2.45) is 0 Å². The molecule has 0 aromatic carbocycles. The molecule has 1 aliphatic heterocycles. The molecule has 1 atom stereocenters. The standard InChI is InChI=1S/C23H26N6O2S/c1-13-11-16(14(2)32-13)18-8-10-25-23(28-18)29-20(15-6-7-15)17(12-26-29)21(30)27-19-5-3-4-9-24-22(19)31/h8,10-12,15,19H,3-7,9H2,1-2H3,(H,24,31)(H,27,30)/t19-/m0/s1. The minimum atomic E-state index is -0.509. The number of hydrogen-bond donors (Lipinski definition) is 2. The molecule has 32 heavy (non-hydrogen) atoms. The zero-order chi connectivity index (χ0) is 22.2. The Morgan fingerprint density at radius 2 is 2.09 bits per heavy atom. The van der Waals surface area contributed by atoms with Crippen LogP contribution in [-0.2, 0) is 4.79 Å². The third-order valence-corrected chi connectivity index (χ3v) is 6.97. The van der Waals surface area contributed by atoms with E-state index in [1.807, 2.05) is 6.07 Å². The molecule has 166 valence electrons. The predicted octanol–water partition coefficient (Wildman–Crippen LogP) is 3.28. The smallest absolute Gasteiger partial charge is 0.255 e. The van der Waals surface area contributed by atoms with Crippen LogP contribution < -0.4 is 10.6 Å². The Bertz CT molecular complexity index is 1180. The van der Waals surface area contributed by atoms with Gasteiger partial charge in [0.05, 0.1) is 23.1 Å². The van der Waals surface area contributed by atoms with E-state index in [4.69, 9.17) is 4.98 Å². The second-order valence-electron chi connectivity index (χ2n) is 8.51. The molecule has 4 heterocycles. The molecule has 2 amide bonds. The van der Waals surface area contributed by atoms with Gasteiger partial charge in [0.25, 0.3) is 11.9 Å². The second kappa shape index (κ2) is 8.46. The van der Waals surface area contributed by atoms with E-state index in [2.05, 4.69) is 40.6 Å². The number of nitrogens with zero attached hydrogens (tertiary/aromatic N) is 4. The molecule has 0 spiro atoms. The van der Waals surface area contributed by atoms with Gasteiger partial charge in [-0.05, 0) is 58.1 Å². The Hall–Kier alpha value is -3.07. The molecule has 0 bridgehead atoms. The summed E-state index contributed by atoms with van der Waals surface area (Å²) in [5.41, 5.74) is 3.26. The number of aryl methyl sites for hydroxylation is 2. The third-order valence-electron chi connectivity index (χ3n) is 6.00. The van der Waals surface area contributed by atoms with Crippen LogP contribution in [-0.4, -0.2) is 44.1 Å². The van der Waals surface area contributed by atoms with Crippen molar-refractivity contribution in [1.29, 1.82) is 0 Å². The maximum atomic E-state index is 13.1. The van der Waals surface area contributed by atoms with Gasteiger partial charge in [0, 0.05) is 34.0 Å². The van der Waals surface area contributed by atoms with Crippen LogP contribution in [0.4, 0.5) is 0 Å². The van der Waals surface area contributed by atoms with E-state index >= 15 is 0 Å². The fraction of sp³-hybridized carbons (Fsp3) is 0.435. The number of amides is 2. The van der Waals surface area contributed by atoms with E-state index < -0.39 is 6.04 Å². The molecule has 9 heteroatoms. The van der Waals surface area contributed by atoms with Crippen molar-refractivity contribution in [2.45, 2.75) is 57.9 Å². The number of hydrogen-bond acceptors (Lipinski definition) is 6. The lowest BCUT2D eigenvalue weighted by Crippen LogP contribution is -2.45. The van der Waals surface area contributed by atoms with Gasteiger partial charge in [0.1, 0.15) is 6.04 Å². The van der Waals surface area contributed by atoms with Gasteiger partial charge < -0.3 is 10.6 Å². The molecule has 2 aliphatic rings. The number of nitrogens with one attached hydrogen (secondary N) is 2. The summed E-state index contributed by atoms with van der Waals surface area (Å²) in [4.78, 5) is 37.1. The van der Waals surface area contributed by atoms with E-state index in [-0.39, 0.29) is 17.7 Å². The van der Waals surface area contributed by atoms with Crippen LogP contribution >= 0.6 is 11.3 Å². The highest BCUT2D eigenvalue weighted by molar-refractivity contribution is 7.12. The molecule has 3 aromatic heterocycles. The number of carbonyl (C=O) groups excluding carboxylic acids is 2. The molecular weight excluding hydrogens is 424 g/mol. The van der Waals surface area contributed by atoms with Crippen LogP contribution in [0.3, 0.4) is 0 Å². The first-order valence-electron chi connectivity index (χ1n) is 11.1. The van der Waals surface area contributed by atoms with Crippen LogP contribution in [0.2, 0.25) is 0 Å².